The number of benzene rings is 1. The zero-order valence-corrected chi connectivity index (χ0v) is 13.6. The number of pyridine rings is 1. The van der Waals surface area contributed by atoms with E-state index in [-0.39, 0.29) is 0 Å². The topological polar surface area (TPSA) is 49.1 Å². The molecule has 1 aromatic carbocycles. The van der Waals surface area contributed by atoms with Crippen LogP contribution in [-0.2, 0) is 5.75 Å². The van der Waals surface area contributed by atoms with Gasteiger partial charge in [-0.3, -0.25) is 0 Å². The first-order chi connectivity index (χ1) is 10.8. The van der Waals surface area contributed by atoms with Gasteiger partial charge in [0.15, 0.2) is 6.20 Å². The summed E-state index contributed by atoms with van der Waals surface area (Å²) in [7, 11) is 1.66. The number of rotatable bonds is 5. The van der Waals surface area contributed by atoms with Gasteiger partial charge in [0.25, 0.3) is 5.03 Å². The van der Waals surface area contributed by atoms with Crippen molar-refractivity contribution >= 4 is 23.1 Å². The van der Waals surface area contributed by atoms with Gasteiger partial charge in [0, 0.05) is 23.3 Å². The van der Waals surface area contributed by atoms with Gasteiger partial charge in [-0.25, -0.2) is 4.98 Å². The number of para-hydroxylation sites is 1. The highest BCUT2D eigenvalue weighted by Gasteiger charge is 2.11. The summed E-state index contributed by atoms with van der Waals surface area (Å²) in [4.78, 5) is 4.64. The summed E-state index contributed by atoms with van der Waals surface area (Å²) in [6.07, 6.45) is 1.50. The summed E-state index contributed by atoms with van der Waals surface area (Å²) in [5, 5.41) is 15.2. The molecule has 0 atom stereocenters. The Morgan fingerprint density at radius 2 is 2.05 bits per heavy atom. The fraction of sp³-hybridized carbons (Fsp3) is 0.125. The monoisotopic (exact) mass is 330 g/mol. The van der Waals surface area contributed by atoms with E-state index in [0.29, 0.717) is 10.8 Å². The molecule has 2 heterocycles. The van der Waals surface area contributed by atoms with Crippen molar-refractivity contribution in [3.05, 3.63) is 64.9 Å². The molecular weight excluding hydrogens is 316 g/mol. The second-order valence-corrected chi connectivity index (χ2v) is 6.35. The van der Waals surface area contributed by atoms with Gasteiger partial charge in [0.2, 0.25) is 0 Å². The highest BCUT2D eigenvalue weighted by atomic mass is 32.2. The molecule has 0 N–H and O–H groups in total. The van der Waals surface area contributed by atoms with Crippen LogP contribution in [0.15, 0.2) is 59.1 Å². The van der Waals surface area contributed by atoms with Crippen molar-refractivity contribution < 1.29 is 9.47 Å². The van der Waals surface area contributed by atoms with Crippen LogP contribution in [0.25, 0.3) is 10.6 Å². The van der Waals surface area contributed by atoms with Gasteiger partial charge < -0.3 is 9.94 Å². The van der Waals surface area contributed by atoms with E-state index in [1.807, 2.05) is 41.8 Å². The van der Waals surface area contributed by atoms with Crippen LogP contribution < -0.4 is 9.47 Å². The summed E-state index contributed by atoms with van der Waals surface area (Å²) >= 11 is 3.06. The lowest BCUT2D eigenvalue weighted by Crippen LogP contribution is -2.27. The van der Waals surface area contributed by atoms with Crippen molar-refractivity contribution in [3.8, 4) is 16.3 Å². The largest absolute Gasteiger partial charge is 0.618 e. The molecule has 4 nitrogen and oxygen atoms in total. The molecule has 0 saturated heterocycles. The molecule has 0 saturated carbocycles. The maximum absolute atomic E-state index is 11.6. The molecule has 0 spiro atoms. The van der Waals surface area contributed by atoms with Gasteiger partial charge in [-0.1, -0.05) is 12.1 Å². The number of ether oxygens (including phenoxy) is 1. The highest BCUT2D eigenvalue weighted by molar-refractivity contribution is 7.98. The molecule has 0 unspecified atom stereocenters. The van der Waals surface area contributed by atoms with Crippen molar-refractivity contribution in [2.24, 2.45) is 0 Å². The highest BCUT2D eigenvalue weighted by Crippen LogP contribution is 2.33. The number of aromatic nitrogens is 2. The molecule has 0 aliphatic rings. The van der Waals surface area contributed by atoms with Gasteiger partial charge in [0.05, 0.1) is 18.4 Å². The summed E-state index contributed by atoms with van der Waals surface area (Å²) in [6.45, 7) is 0. The van der Waals surface area contributed by atoms with E-state index in [0.717, 1.165) is 26.7 Å². The fourth-order valence-electron chi connectivity index (χ4n) is 1.99. The Morgan fingerprint density at radius 3 is 2.86 bits per heavy atom. The number of hydrogen-bond donors (Lipinski definition) is 0. The second-order valence-electron chi connectivity index (χ2n) is 4.50. The van der Waals surface area contributed by atoms with Crippen LogP contribution in [0.1, 0.15) is 5.69 Å². The molecule has 0 amide bonds. The maximum atomic E-state index is 11.6. The minimum Gasteiger partial charge on any atom is -0.618 e. The van der Waals surface area contributed by atoms with Crippen LogP contribution in [-0.4, -0.2) is 12.1 Å². The molecule has 3 rings (SSSR count). The van der Waals surface area contributed by atoms with Gasteiger partial charge >= 0.3 is 0 Å². The van der Waals surface area contributed by atoms with Crippen LogP contribution in [0.2, 0.25) is 0 Å². The summed E-state index contributed by atoms with van der Waals surface area (Å²) in [5.41, 5.74) is 1.95. The van der Waals surface area contributed by atoms with Gasteiger partial charge in [-0.05, 0) is 30.0 Å². The Bertz CT molecular complexity index is 774. The van der Waals surface area contributed by atoms with Crippen LogP contribution in [0.5, 0.6) is 5.75 Å². The summed E-state index contributed by atoms with van der Waals surface area (Å²) < 4.78 is 6.24. The SMILES string of the molecule is COc1ccccc1-c1nc(CSc2cccc[n+]2[O-])cs1. The Hall–Kier alpha value is -2.05. The second kappa shape index (κ2) is 6.81. The molecule has 6 heteroatoms. The predicted molar refractivity (Wildman–Crippen MR) is 89.1 cm³/mol. The molecule has 0 aliphatic carbocycles. The molecular formula is C16H14N2O2S2. The Kier molecular flexibility index (Phi) is 4.60. The maximum Gasteiger partial charge on any atom is 0.251 e. The molecule has 0 bridgehead atoms. The first-order valence-electron chi connectivity index (χ1n) is 6.66. The standard InChI is InChI=1S/C16H14N2O2S2/c1-20-14-7-3-2-6-13(14)16-17-12(11-22-16)10-21-15-8-4-5-9-18(15)19/h2-9,11H,10H2,1H3. The Morgan fingerprint density at radius 1 is 1.23 bits per heavy atom. The van der Waals surface area contributed by atoms with Crippen molar-refractivity contribution in [2.45, 2.75) is 10.8 Å². The Labute approximate surface area is 137 Å². The van der Waals surface area contributed by atoms with Gasteiger partial charge in [0.1, 0.15) is 10.8 Å². The van der Waals surface area contributed by atoms with E-state index in [4.69, 9.17) is 4.74 Å². The first-order valence-corrected chi connectivity index (χ1v) is 8.53. The molecule has 0 fully saturated rings. The van der Waals surface area contributed by atoms with E-state index in [9.17, 15) is 5.21 Å². The van der Waals surface area contributed by atoms with Crippen LogP contribution >= 0.6 is 23.1 Å². The fourth-order valence-corrected chi connectivity index (χ4v) is 3.75. The Balaban J connectivity index is 1.75. The molecule has 112 valence electrons. The number of hydrogen-bond acceptors (Lipinski definition) is 5. The van der Waals surface area contributed by atoms with Gasteiger partial charge in [-0.2, -0.15) is 4.73 Å². The average molecular weight is 330 g/mol. The quantitative estimate of drug-likeness (QED) is 0.406. The van der Waals surface area contributed by atoms with E-state index in [1.165, 1.54) is 18.0 Å². The minimum atomic E-state index is 0.665. The lowest BCUT2D eigenvalue weighted by atomic mass is 10.2. The lowest BCUT2D eigenvalue weighted by Gasteiger charge is -2.04. The van der Waals surface area contributed by atoms with Crippen LogP contribution in [0, 0.1) is 5.21 Å². The molecule has 3 aromatic rings. The van der Waals surface area contributed by atoms with E-state index < -0.39 is 0 Å². The lowest BCUT2D eigenvalue weighted by molar-refractivity contribution is -0.645. The van der Waals surface area contributed by atoms with E-state index >= 15 is 0 Å². The minimum absolute atomic E-state index is 0.665. The van der Waals surface area contributed by atoms with E-state index in [2.05, 4.69) is 4.98 Å². The molecule has 2 aromatic heterocycles. The average Bonchev–Trinajstić information content (AvgIpc) is 3.03. The van der Waals surface area contributed by atoms with Crippen molar-refractivity contribution in [2.75, 3.05) is 7.11 Å². The van der Waals surface area contributed by atoms with Crippen molar-refractivity contribution in [1.29, 1.82) is 0 Å². The third-order valence-corrected chi connectivity index (χ3v) is 5.02. The molecule has 0 aliphatic heterocycles. The number of thioether (sulfide) groups is 1. The number of nitrogens with zero attached hydrogens (tertiary/aromatic N) is 2. The third kappa shape index (κ3) is 3.23. The number of thiazole rings is 1. The smallest absolute Gasteiger partial charge is 0.251 e. The zero-order chi connectivity index (χ0) is 15.4. The van der Waals surface area contributed by atoms with Crippen LogP contribution in [0.4, 0.5) is 0 Å². The predicted octanol–water partition coefficient (Wildman–Crippen LogP) is 3.74. The summed E-state index contributed by atoms with van der Waals surface area (Å²) in [5.74, 6) is 1.48. The summed E-state index contributed by atoms with van der Waals surface area (Å²) in [6, 6.07) is 13.2. The molecule has 0 radical (unpaired) electrons. The molecule has 22 heavy (non-hydrogen) atoms. The zero-order valence-electron chi connectivity index (χ0n) is 11.9. The first kappa shape index (κ1) is 14.9. The number of methoxy groups -OCH3 is 1. The van der Waals surface area contributed by atoms with Gasteiger partial charge in [-0.15, -0.1) is 11.3 Å². The van der Waals surface area contributed by atoms with E-state index in [1.54, 1.807) is 24.5 Å². The third-order valence-electron chi connectivity index (χ3n) is 3.05. The van der Waals surface area contributed by atoms with Crippen molar-refractivity contribution in [1.82, 2.24) is 4.98 Å². The normalized spacial score (nSPS) is 10.6. The van der Waals surface area contributed by atoms with Crippen LogP contribution in [0.3, 0.4) is 0 Å². The van der Waals surface area contributed by atoms with Crippen molar-refractivity contribution in [3.63, 3.8) is 0 Å².